The van der Waals surface area contributed by atoms with Gasteiger partial charge in [0, 0.05) is 36.5 Å². The molecule has 5 rings (SSSR count). The van der Waals surface area contributed by atoms with Gasteiger partial charge >= 0.3 is 6.18 Å². The molecule has 2 N–H and O–H groups in total. The second kappa shape index (κ2) is 10.6. The molecule has 1 atom stereocenters. The molecular weight excluding hydrogens is 497 g/mol. The lowest BCUT2D eigenvalue weighted by Crippen LogP contribution is -2.43. The van der Waals surface area contributed by atoms with Gasteiger partial charge in [0.1, 0.15) is 6.04 Å². The summed E-state index contributed by atoms with van der Waals surface area (Å²) in [5.74, 6) is 0.129. The summed E-state index contributed by atoms with van der Waals surface area (Å²) in [6.07, 6.45) is 1.10. The third-order valence-corrected chi connectivity index (χ3v) is 8.20. The highest BCUT2D eigenvalue weighted by Crippen LogP contribution is 2.58. The van der Waals surface area contributed by atoms with E-state index in [0.717, 1.165) is 30.4 Å². The highest BCUT2D eigenvalue weighted by molar-refractivity contribution is 5.98. The number of halogens is 3. The summed E-state index contributed by atoms with van der Waals surface area (Å²) in [7, 11) is 0. The van der Waals surface area contributed by atoms with Gasteiger partial charge in [-0.2, -0.15) is 13.2 Å². The average Bonchev–Trinajstić information content (AvgIpc) is 3.54. The van der Waals surface area contributed by atoms with Crippen LogP contribution in [0.5, 0.6) is 5.88 Å². The maximum atomic E-state index is 13.2. The lowest BCUT2D eigenvalue weighted by atomic mass is 9.96. The largest absolute Gasteiger partial charge is 0.477 e. The Morgan fingerprint density at radius 1 is 1.00 bits per heavy atom. The Morgan fingerprint density at radius 3 is 2.26 bits per heavy atom. The van der Waals surface area contributed by atoms with Crippen LogP contribution < -0.4 is 10.5 Å². The summed E-state index contributed by atoms with van der Waals surface area (Å²) in [5, 5.41) is 0. The van der Waals surface area contributed by atoms with Crippen molar-refractivity contribution in [1.29, 1.82) is 0 Å². The number of piperidine rings is 1. The summed E-state index contributed by atoms with van der Waals surface area (Å²) in [6.45, 7) is 2.46. The van der Waals surface area contributed by atoms with Crippen molar-refractivity contribution in [2.24, 2.45) is 17.1 Å². The first kappa shape index (κ1) is 26.5. The first-order valence-corrected chi connectivity index (χ1v) is 13.2. The Bertz CT molecular complexity index is 1140. The maximum Gasteiger partial charge on any atom is 0.395 e. The quantitative estimate of drug-likeness (QED) is 0.551. The van der Waals surface area contributed by atoms with Crippen LogP contribution in [0.1, 0.15) is 48.9 Å². The van der Waals surface area contributed by atoms with Gasteiger partial charge in [-0.1, -0.05) is 12.1 Å². The van der Waals surface area contributed by atoms with Crippen molar-refractivity contribution >= 4 is 11.8 Å². The topological polar surface area (TPSA) is 88.8 Å². The Hall–Kier alpha value is -3.14. The molecule has 38 heavy (non-hydrogen) atoms. The SMILES string of the molecule is NC(=O)[C@@H]1CCCN1C(=O)c1ccc(-c2ccc(OCC3CCN(CC4(C(F)(F)F)CC4)CC3)nc2)cc1. The van der Waals surface area contributed by atoms with E-state index in [-0.39, 0.29) is 25.3 Å². The van der Waals surface area contributed by atoms with Crippen molar-refractivity contribution in [3.05, 3.63) is 48.2 Å². The van der Waals surface area contributed by atoms with E-state index in [1.54, 1.807) is 29.3 Å². The predicted octanol–water partition coefficient (Wildman–Crippen LogP) is 4.27. The molecule has 0 spiro atoms. The van der Waals surface area contributed by atoms with E-state index in [0.29, 0.717) is 50.0 Å². The molecule has 2 aromatic rings. The number of likely N-dealkylation sites (tertiary alicyclic amines) is 2. The van der Waals surface area contributed by atoms with E-state index in [1.807, 2.05) is 23.1 Å². The van der Waals surface area contributed by atoms with Crippen LogP contribution in [-0.2, 0) is 4.79 Å². The fourth-order valence-electron chi connectivity index (χ4n) is 5.54. The van der Waals surface area contributed by atoms with E-state index in [4.69, 9.17) is 10.5 Å². The number of nitrogens with zero attached hydrogens (tertiary/aromatic N) is 3. The smallest absolute Gasteiger partial charge is 0.395 e. The van der Waals surface area contributed by atoms with Crippen LogP contribution in [0.25, 0.3) is 11.1 Å². The minimum absolute atomic E-state index is 0.119. The molecule has 0 radical (unpaired) electrons. The second-order valence-corrected chi connectivity index (χ2v) is 10.8. The number of ether oxygens (including phenoxy) is 1. The van der Waals surface area contributed by atoms with E-state index < -0.39 is 23.5 Å². The number of aromatic nitrogens is 1. The molecule has 0 bridgehead atoms. The summed E-state index contributed by atoms with van der Waals surface area (Å²) in [5.41, 5.74) is 6.24. The number of primary amides is 1. The number of hydrogen-bond donors (Lipinski definition) is 1. The van der Waals surface area contributed by atoms with Crippen molar-refractivity contribution in [3.63, 3.8) is 0 Å². The fourth-order valence-corrected chi connectivity index (χ4v) is 5.54. The Labute approximate surface area is 220 Å². The number of benzene rings is 1. The number of amides is 2. The van der Waals surface area contributed by atoms with E-state index in [2.05, 4.69) is 4.98 Å². The molecule has 7 nitrogen and oxygen atoms in total. The van der Waals surface area contributed by atoms with Gasteiger partial charge in [0.15, 0.2) is 0 Å². The molecule has 2 saturated heterocycles. The molecule has 2 aliphatic heterocycles. The molecule has 1 aliphatic carbocycles. The summed E-state index contributed by atoms with van der Waals surface area (Å²) < 4.78 is 45.6. The molecule has 1 aromatic carbocycles. The van der Waals surface area contributed by atoms with Crippen molar-refractivity contribution in [2.45, 2.75) is 50.7 Å². The number of pyridine rings is 1. The lowest BCUT2D eigenvalue weighted by Gasteiger charge is -2.34. The first-order chi connectivity index (χ1) is 18.1. The van der Waals surface area contributed by atoms with E-state index in [9.17, 15) is 22.8 Å². The minimum atomic E-state index is -4.10. The zero-order valence-corrected chi connectivity index (χ0v) is 21.3. The monoisotopic (exact) mass is 530 g/mol. The van der Waals surface area contributed by atoms with Crippen molar-refractivity contribution in [1.82, 2.24) is 14.8 Å². The number of hydrogen-bond acceptors (Lipinski definition) is 5. The molecule has 2 amide bonds. The van der Waals surface area contributed by atoms with Gasteiger partial charge in [-0.05, 0) is 81.3 Å². The third-order valence-electron chi connectivity index (χ3n) is 8.20. The van der Waals surface area contributed by atoms with Gasteiger partial charge in [0.2, 0.25) is 11.8 Å². The molecule has 1 aromatic heterocycles. The number of alkyl halides is 3. The molecule has 3 heterocycles. The second-order valence-electron chi connectivity index (χ2n) is 10.8. The molecular formula is C28H33F3N4O3. The standard InChI is InChI=1S/C28H33F3N4O3/c29-28(30,31)27(11-12-27)18-34-14-9-19(10-15-34)17-38-24-8-7-22(16-33-24)20-3-5-21(6-4-20)26(37)35-13-1-2-23(35)25(32)36/h3-8,16,19,23H,1-2,9-15,17-18H2,(H2,32,36)/t23-/m0/s1. The molecule has 1 saturated carbocycles. The Morgan fingerprint density at radius 2 is 1.68 bits per heavy atom. The zero-order chi connectivity index (χ0) is 26.9. The number of rotatable bonds is 8. The van der Waals surface area contributed by atoms with Gasteiger partial charge < -0.3 is 20.3 Å². The maximum absolute atomic E-state index is 13.2. The average molecular weight is 531 g/mol. The Balaban J connectivity index is 1.09. The molecule has 3 fully saturated rings. The van der Waals surface area contributed by atoms with Crippen LogP contribution in [0.15, 0.2) is 42.6 Å². The van der Waals surface area contributed by atoms with Crippen LogP contribution >= 0.6 is 0 Å². The summed E-state index contributed by atoms with van der Waals surface area (Å²) in [4.78, 5) is 32.3. The number of carbonyl (C=O) groups excluding carboxylic acids is 2. The van der Waals surface area contributed by atoms with Crippen LogP contribution in [0.2, 0.25) is 0 Å². The van der Waals surface area contributed by atoms with Crippen molar-refractivity contribution in [2.75, 3.05) is 32.8 Å². The van der Waals surface area contributed by atoms with Crippen molar-refractivity contribution in [3.8, 4) is 17.0 Å². The molecule has 0 unspecified atom stereocenters. The summed E-state index contributed by atoms with van der Waals surface area (Å²) >= 11 is 0. The van der Waals surface area contributed by atoms with Crippen LogP contribution in [0.4, 0.5) is 13.2 Å². The highest BCUT2D eigenvalue weighted by atomic mass is 19.4. The van der Waals surface area contributed by atoms with E-state index >= 15 is 0 Å². The predicted molar refractivity (Wildman–Crippen MR) is 135 cm³/mol. The van der Waals surface area contributed by atoms with Crippen LogP contribution in [-0.4, -0.2) is 71.6 Å². The number of nitrogens with two attached hydrogens (primary N) is 1. The van der Waals surface area contributed by atoms with Gasteiger partial charge in [0.05, 0.1) is 12.0 Å². The highest BCUT2D eigenvalue weighted by Gasteiger charge is 2.63. The Kier molecular flexibility index (Phi) is 7.35. The normalized spacial score (nSPS) is 21.9. The fraction of sp³-hybridized carbons (Fsp3) is 0.536. The van der Waals surface area contributed by atoms with Gasteiger partial charge in [-0.3, -0.25) is 9.59 Å². The minimum Gasteiger partial charge on any atom is -0.477 e. The van der Waals surface area contributed by atoms with Gasteiger partial charge in [-0.15, -0.1) is 0 Å². The summed E-state index contributed by atoms with van der Waals surface area (Å²) in [6, 6.07) is 10.3. The molecule has 3 aliphatic rings. The first-order valence-electron chi connectivity index (χ1n) is 13.2. The zero-order valence-electron chi connectivity index (χ0n) is 21.3. The van der Waals surface area contributed by atoms with Crippen LogP contribution in [0.3, 0.4) is 0 Å². The van der Waals surface area contributed by atoms with Crippen LogP contribution in [0, 0.1) is 11.3 Å². The van der Waals surface area contributed by atoms with Gasteiger partial charge in [-0.25, -0.2) is 4.98 Å². The molecule has 204 valence electrons. The third kappa shape index (κ3) is 5.65. The van der Waals surface area contributed by atoms with Gasteiger partial charge in [0.25, 0.3) is 5.91 Å². The van der Waals surface area contributed by atoms with E-state index in [1.165, 1.54) is 0 Å². The lowest BCUT2D eigenvalue weighted by molar-refractivity contribution is -0.192. The van der Waals surface area contributed by atoms with Crippen molar-refractivity contribution < 1.29 is 27.5 Å². The number of carbonyl (C=O) groups is 2. The molecule has 10 heteroatoms.